The second-order valence-corrected chi connectivity index (χ2v) is 6.08. The van der Waals surface area contributed by atoms with Crippen LogP contribution in [-0.2, 0) is 20.0 Å². The molecule has 1 unspecified atom stereocenters. The van der Waals surface area contributed by atoms with E-state index in [0.29, 0.717) is 6.04 Å². The summed E-state index contributed by atoms with van der Waals surface area (Å²) in [4.78, 5) is 14.2. The summed E-state index contributed by atoms with van der Waals surface area (Å²) in [6.45, 7) is 1.86. The molecular weight excluding hydrogens is 279 g/mol. The fourth-order valence-corrected chi connectivity index (χ4v) is 3.15. The molecule has 3 nitrogen and oxygen atoms in total. The lowest BCUT2D eigenvalue weighted by molar-refractivity contribution is 0.243. The number of benzene rings is 1. The van der Waals surface area contributed by atoms with Gasteiger partial charge in [0.25, 0.3) is 5.56 Å². The third kappa shape index (κ3) is 3.45. The quantitative estimate of drug-likeness (QED) is 0.867. The van der Waals surface area contributed by atoms with Gasteiger partial charge in [0.05, 0.1) is 0 Å². The third-order valence-corrected chi connectivity index (χ3v) is 4.44. The largest absolute Gasteiger partial charge is 0.319 e. The van der Waals surface area contributed by atoms with Crippen LogP contribution < -0.4 is 5.56 Å². The lowest BCUT2D eigenvalue weighted by Gasteiger charge is -2.24. The minimum Gasteiger partial charge on any atom is -0.319 e. The Labute approximate surface area is 130 Å². The van der Waals surface area contributed by atoms with Crippen molar-refractivity contribution in [2.45, 2.75) is 31.8 Å². The van der Waals surface area contributed by atoms with Crippen LogP contribution in [0.25, 0.3) is 0 Å². The first-order valence-electron chi connectivity index (χ1n) is 7.76. The van der Waals surface area contributed by atoms with Crippen molar-refractivity contribution in [3.05, 3.63) is 69.9 Å². The zero-order valence-electron chi connectivity index (χ0n) is 12.8. The summed E-state index contributed by atoms with van der Waals surface area (Å²) in [6, 6.07) is 11.0. The number of pyridine rings is 1. The maximum Gasteiger partial charge on any atom is 0.250 e. The first-order valence-corrected chi connectivity index (χ1v) is 7.76. The van der Waals surface area contributed by atoms with Gasteiger partial charge in [-0.25, -0.2) is 4.39 Å². The molecule has 1 aliphatic rings. The van der Waals surface area contributed by atoms with Gasteiger partial charge in [0, 0.05) is 31.9 Å². The molecule has 1 saturated heterocycles. The van der Waals surface area contributed by atoms with E-state index < -0.39 is 0 Å². The number of hydrogen-bond acceptors (Lipinski definition) is 2. The van der Waals surface area contributed by atoms with Gasteiger partial charge < -0.3 is 4.57 Å². The first kappa shape index (κ1) is 15.0. The van der Waals surface area contributed by atoms with Crippen LogP contribution in [0.15, 0.2) is 47.4 Å². The van der Waals surface area contributed by atoms with Crippen LogP contribution in [0.4, 0.5) is 4.39 Å². The molecule has 0 saturated carbocycles. The van der Waals surface area contributed by atoms with E-state index in [0.717, 1.165) is 31.5 Å². The Kier molecular flexibility index (Phi) is 4.39. The van der Waals surface area contributed by atoms with Crippen molar-refractivity contribution in [2.75, 3.05) is 6.54 Å². The van der Waals surface area contributed by atoms with Gasteiger partial charge in [0.1, 0.15) is 5.82 Å². The predicted octanol–water partition coefficient (Wildman–Crippen LogP) is 2.73. The molecule has 0 aliphatic carbocycles. The first-order chi connectivity index (χ1) is 10.6. The summed E-state index contributed by atoms with van der Waals surface area (Å²) in [7, 11) is 1.76. The van der Waals surface area contributed by atoms with Gasteiger partial charge >= 0.3 is 0 Å². The van der Waals surface area contributed by atoms with Crippen LogP contribution in [0, 0.1) is 5.82 Å². The SMILES string of the molecule is Cn1ccc(CN2CCCC2Cc2ccc(F)cc2)cc1=O. The van der Waals surface area contributed by atoms with E-state index in [9.17, 15) is 9.18 Å². The molecule has 2 aromatic rings. The summed E-state index contributed by atoms with van der Waals surface area (Å²) < 4.78 is 14.6. The van der Waals surface area contributed by atoms with Gasteiger partial charge in [0.2, 0.25) is 0 Å². The third-order valence-electron chi connectivity index (χ3n) is 4.44. The predicted molar refractivity (Wildman–Crippen MR) is 85.2 cm³/mol. The van der Waals surface area contributed by atoms with E-state index in [2.05, 4.69) is 4.90 Å². The highest BCUT2D eigenvalue weighted by molar-refractivity contribution is 5.18. The average molecular weight is 300 g/mol. The minimum atomic E-state index is -0.188. The Morgan fingerprint density at radius 2 is 1.95 bits per heavy atom. The zero-order valence-corrected chi connectivity index (χ0v) is 12.8. The maximum atomic E-state index is 13.0. The molecule has 4 heteroatoms. The number of nitrogens with zero attached hydrogens (tertiary/aromatic N) is 2. The van der Waals surface area contributed by atoms with E-state index in [-0.39, 0.29) is 11.4 Å². The van der Waals surface area contributed by atoms with Gasteiger partial charge in [-0.2, -0.15) is 0 Å². The number of hydrogen-bond donors (Lipinski definition) is 0. The second-order valence-electron chi connectivity index (χ2n) is 6.08. The normalized spacial score (nSPS) is 18.7. The molecule has 1 fully saturated rings. The molecule has 116 valence electrons. The Morgan fingerprint density at radius 3 is 2.68 bits per heavy atom. The molecule has 3 rings (SSSR count). The van der Waals surface area contributed by atoms with Crippen molar-refractivity contribution < 1.29 is 4.39 Å². The smallest absolute Gasteiger partial charge is 0.250 e. The molecule has 0 amide bonds. The van der Waals surface area contributed by atoms with Crippen molar-refractivity contribution in [3.8, 4) is 0 Å². The topological polar surface area (TPSA) is 25.2 Å². The van der Waals surface area contributed by atoms with Crippen molar-refractivity contribution in [1.82, 2.24) is 9.47 Å². The lowest BCUT2D eigenvalue weighted by Crippen LogP contribution is -2.31. The fraction of sp³-hybridized carbons (Fsp3) is 0.389. The van der Waals surface area contributed by atoms with Crippen molar-refractivity contribution in [3.63, 3.8) is 0 Å². The Balaban J connectivity index is 1.68. The Bertz CT molecular complexity index is 693. The molecule has 2 heterocycles. The molecule has 1 atom stereocenters. The molecule has 0 bridgehead atoms. The zero-order chi connectivity index (χ0) is 15.5. The molecule has 0 spiro atoms. The van der Waals surface area contributed by atoms with Crippen LogP contribution in [0.5, 0.6) is 0 Å². The summed E-state index contributed by atoms with van der Waals surface area (Å²) in [6.07, 6.45) is 5.09. The van der Waals surface area contributed by atoms with Crippen molar-refractivity contribution >= 4 is 0 Å². The van der Waals surface area contributed by atoms with Gasteiger partial charge in [-0.15, -0.1) is 0 Å². The summed E-state index contributed by atoms with van der Waals surface area (Å²) in [5, 5.41) is 0. The summed E-state index contributed by atoms with van der Waals surface area (Å²) in [5.41, 5.74) is 2.27. The molecule has 22 heavy (non-hydrogen) atoms. The van der Waals surface area contributed by atoms with Gasteiger partial charge in [-0.05, 0) is 55.1 Å². The molecule has 1 aliphatic heterocycles. The number of halogens is 1. The van der Waals surface area contributed by atoms with E-state index >= 15 is 0 Å². The van der Waals surface area contributed by atoms with Crippen LogP contribution >= 0.6 is 0 Å². The molecule has 1 aromatic carbocycles. The van der Waals surface area contributed by atoms with E-state index in [4.69, 9.17) is 0 Å². The number of aromatic nitrogens is 1. The van der Waals surface area contributed by atoms with Crippen LogP contribution in [0.2, 0.25) is 0 Å². The van der Waals surface area contributed by atoms with Crippen LogP contribution in [0.1, 0.15) is 24.0 Å². The molecule has 0 N–H and O–H groups in total. The standard InChI is InChI=1S/C18H21FN2O/c1-20-10-8-15(12-18(20)22)13-21-9-2-3-17(21)11-14-4-6-16(19)7-5-14/h4-8,10,12,17H,2-3,9,11,13H2,1H3. The number of aryl methyl sites for hydroxylation is 1. The monoisotopic (exact) mass is 300 g/mol. The van der Waals surface area contributed by atoms with E-state index in [1.54, 1.807) is 17.7 Å². The Morgan fingerprint density at radius 1 is 1.18 bits per heavy atom. The highest BCUT2D eigenvalue weighted by Gasteiger charge is 2.24. The van der Waals surface area contributed by atoms with Crippen molar-refractivity contribution in [2.24, 2.45) is 7.05 Å². The summed E-state index contributed by atoms with van der Waals surface area (Å²) >= 11 is 0. The Hall–Kier alpha value is -1.94. The molecule has 0 radical (unpaired) electrons. The highest BCUT2D eigenvalue weighted by atomic mass is 19.1. The highest BCUT2D eigenvalue weighted by Crippen LogP contribution is 2.23. The maximum absolute atomic E-state index is 13.0. The van der Waals surface area contributed by atoms with E-state index in [1.165, 1.54) is 24.1 Å². The molecular formula is C18H21FN2O. The second kappa shape index (κ2) is 6.44. The van der Waals surface area contributed by atoms with Gasteiger partial charge in [0.15, 0.2) is 0 Å². The number of rotatable bonds is 4. The number of likely N-dealkylation sites (tertiary alicyclic amines) is 1. The van der Waals surface area contributed by atoms with Gasteiger partial charge in [-0.3, -0.25) is 9.69 Å². The summed E-state index contributed by atoms with van der Waals surface area (Å²) in [5.74, 6) is -0.188. The fourth-order valence-electron chi connectivity index (χ4n) is 3.15. The lowest BCUT2D eigenvalue weighted by atomic mass is 10.0. The van der Waals surface area contributed by atoms with E-state index in [1.807, 2.05) is 24.4 Å². The van der Waals surface area contributed by atoms with Crippen molar-refractivity contribution in [1.29, 1.82) is 0 Å². The average Bonchev–Trinajstić information content (AvgIpc) is 2.92. The molecule has 1 aromatic heterocycles. The van der Waals surface area contributed by atoms with Crippen LogP contribution in [0.3, 0.4) is 0 Å². The minimum absolute atomic E-state index is 0.0341. The van der Waals surface area contributed by atoms with Gasteiger partial charge in [-0.1, -0.05) is 12.1 Å². The van der Waals surface area contributed by atoms with Crippen LogP contribution in [-0.4, -0.2) is 22.1 Å².